The van der Waals surface area contributed by atoms with E-state index >= 15 is 0 Å². The molecule has 0 N–H and O–H groups in total. The van der Waals surface area contributed by atoms with E-state index in [2.05, 4.69) is 10.1 Å². The molecule has 4 heteroatoms. The lowest BCUT2D eigenvalue weighted by molar-refractivity contribution is -0.133. The summed E-state index contributed by atoms with van der Waals surface area (Å²) in [6.07, 6.45) is 14.0. The van der Waals surface area contributed by atoms with Crippen molar-refractivity contribution in [3.05, 3.63) is 17.0 Å². The number of carbonyl (C=O) groups is 1. The first-order valence-corrected chi connectivity index (χ1v) is 10.1. The van der Waals surface area contributed by atoms with Crippen molar-refractivity contribution in [1.29, 1.82) is 0 Å². The molecule has 1 aromatic heterocycles. The fraction of sp³-hybridized carbons (Fsp3) is 0.800. The van der Waals surface area contributed by atoms with Crippen LogP contribution in [-0.4, -0.2) is 29.1 Å². The Hall–Kier alpha value is -1.32. The first kappa shape index (κ1) is 16.2. The van der Waals surface area contributed by atoms with Gasteiger partial charge in [0.1, 0.15) is 5.76 Å². The molecule has 1 saturated heterocycles. The normalized spacial score (nSPS) is 23.2. The van der Waals surface area contributed by atoms with Gasteiger partial charge in [0.2, 0.25) is 5.91 Å². The minimum Gasteiger partial charge on any atom is -0.361 e. The molecule has 24 heavy (non-hydrogen) atoms. The molecule has 0 spiro atoms. The molecule has 0 atom stereocenters. The second-order valence-corrected chi connectivity index (χ2v) is 8.04. The Balaban J connectivity index is 1.34. The van der Waals surface area contributed by atoms with Gasteiger partial charge in [-0.15, -0.1) is 0 Å². The van der Waals surface area contributed by atoms with Gasteiger partial charge in [0.25, 0.3) is 0 Å². The minimum atomic E-state index is 0.386. The zero-order chi connectivity index (χ0) is 16.4. The van der Waals surface area contributed by atoms with E-state index in [-0.39, 0.29) is 0 Å². The highest BCUT2D eigenvalue weighted by Gasteiger charge is 2.30. The van der Waals surface area contributed by atoms with Crippen LogP contribution in [-0.2, 0) is 17.6 Å². The van der Waals surface area contributed by atoms with Crippen LogP contribution >= 0.6 is 0 Å². The predicted octanol–water partition coefficient (Wildman–Crippen LogP) is 4.23. The Bertz CT molecular complexity index is 566. The number of rotatable bonds is 3. The van der Waals surface area contributed by atoms with Gasteiger partial charge in [-0.25, -0.2) is 0 Å². The highest BCUT2D eigenvalue weighted by molar-refractivity contribution is 5.76. The highest BCUT2D eigenvalue weighted by atomic mass is 16.5. The molecule has 1 aromatic rings. The zero-order valence-corrected chi connectivity index (χ0v) is 14.8. The molecule has 2 fully saturated rings. The Morgan fingerprint density at radius 2 is 1.75 bits per heavy atom. The fourth-order valence-electron chi connectivity index (χ4n) is 4.89. The summed E-state index contributed by atoms with van der Waals surface area (Å²) in [6, 6.07) is 0. The maximum Gasteiger partial charge on any atom is 0.222 e. The first-order valence-electron chi connectivity index (χ1n) is 10.1. The van der Waals surface area contributed by atoms with E-state index in [1.165, 1.54) is 56.2 Å². The number of fused-ring (bicyclic) bond motifs is 1. The van der Waals surface area contributed by atoms with Crippen molar-refractivity contribution in [3.63, 3.8) is 0 Å². The predicted molar refractivity (Wildman–Crippen MR) is 92.9 cm³/mol. The molecule has 2 aliphatic carbocycles. The lowest BCUT2D eigenvalue weighted by Gasteiger charge is -2.32. The second-order valence-electron chi connectivity index (χ2n) is 8.04. The van der Waals surface area contributed by atoms with Crippen LogP contribution in [0.15, 0.2) is 4.52 Å². The molecule has 2 heterocycles. The van der Waals surface area contributed by atoms with E-state index in [1.54, 1.807) is 0 Å². The number of amides is 1. The molecular formula is C20H30N2O2. The van der Waals surface area contributed by atoms with Gasteiger partial charge in [0, 0.05) is 31.0 Å². The maximum absolute atomic E-state index is 12.5. The molecule has 1 amide bonds. The van der Waals surface area contributed by atoms with Gasteiger partial charge in [-0.05, 0) is 57.3 Å². The monoisotopic (exact) mass is 330 g/mol. The number of carbonyl (C=O) groups excluding carboxylic acids is 1. The van der Waals surface area contributed by atoms with Crippen LogP contribution in [0.4, 0.5) is 0 Å². The maximum atomic E-state index is 12.5. The Labute approximate surface area is 145 Å². The van der Waals surface area contributed by atoms with Gasteiger partial charge in [-0.2, -0.15) is 0 Å². The lowest BCUT2D eigenvalue weighted by Crippen LogP contribution is -2.38. The molecule has 4 nitrogen and oxygen atoms in total. The van der Waals surface area contributed by atoms with Crippen LogP contribution in [0.5, 0.6) is 0 Å². The van der Waals surface area contributed by atoms with Gasteiger partial charge in [0.05, 0.1) is 5.69 Å². The van der Waals surface area contributed by atoms with Crippen molar-refractivity contribution < 1.29 is 9.32 Å². The summed E-state index contributed by atoms with van der Waals surface area (Å²) in [5.41, 5.74) is 2.62. The van der Waals surface area contributed by atoms with E-state index < -0.39 is 0 Å². The van der Waals surface area contributed by atoms with E-state index in [4.69, 9.17) is 4.52 Å². The SMILES string of the molecule is O=C(CC1CCCC1)N1CCC(c2onc3c2CCCCC3)CC1. The molecule has 132 valence electrons. The lowest BCUT2D eigenvalue weighted by atomic mass is 9.90. The molecule has 3 aliphatic rings. The van der Waals surface area contributed by atoms with E-state index in [9.17, 15) is 4.79 Å². The highest BCUT2D eigenvalue weighted by Crippen LogP contribution is 2.35. The van der Waals surface area contributed by atoms with Crippen molar-refractivity contribution >= 4 is 5.91 Å². The van der Waals surface area contributed by atoms with Crippen LogP contribution in [0.2, 0.25) is 0 Å². The topological polar surface area (TPSA) is 46.3 Å². The quantitative estimate of drug-likeness (QED) is 0.779. The van der Waals surface area contributed by atoms with Crippen LogP contribution in [0.25, 0.3) is 0 Å². The van der Waals surface area contributed by atoms with Crippen LogP contribution in [0.3, 0.4) is 0 Å². The summed E-state index contributed by atoms with van der Waals surface area (Å²) in [7, 11) is 0. The summed E-state index contributed by atoms with van der Waals surface area (Å²) in [5, 5.41) is 4.36. The molecule has 0 radical (unpaired) electrons. The van der Waals surface area contributed by atoms with Crippen LogP contribution in [0.1, 0.15) is 87.1 Å². The molecule has 4 rings (SSSR count). The van der Waals surface area contributed by atoms with Crippen molar-refractivity contribution in [2.45, 2.75) is 83.0 Å². The summed E-state index contributed by atoms with van der Waals surface area (Å²) >= 11 is 0. The second kappa shape index (κ2) is 7.28. The molecule has 1 aliphatic heterocycles. The van der Waals surface area contributed by atoms with Crippen molar-refractivity contribution in [2.24, 2.45) is 5.92 Å². The molecule has 0 bridgehead atoms. The van der Waals surface area contributed by atoms with Crippen molar-refractivity contribution in [2.75, 3.05) is 13.1 Å². The summed E-state index contributed by atoms with van der Waals surface area (Å²) < 4.78 is 5.76. The number of hydrogen-bond acceptors (Lipinski definition) is 3. The Morgan fingerprint density at radius 3 is 2.54 bits per heavy atom. The minimum absolute atomic E-state index is 0.386. The number of aromatic nitrogens is 1. The zero-order valence-electron chi connectivity index (χ0n) is 14.8. The van der Waals surface area contributed by atoms with Crippen LogP contribution in [0, 0.1) is 5.92 Å². The number of hydrogen-bond donors (Lipinski definition) is 0. The first-order chi connectivity index (χ1) is 11.8. The smallest absolute Gasteiger partial charge is 0.222 e. The summed E-state index contributed by atoms with van der Waals surface area (Å²) in [5.74, 6) is 2.65. The largest absolute Gasteiger partial charge is 0.361 e. The molecule has 0 aromatic carbocycles. The number of piperidine rings is 1. The Kier molecular flexibility index (Phi) is 4.91. The third-order valence-electron chi connectivity index (χ3n) is 6.40. The Morgan fingerprint density at radius 1 is 1.00 bits per heavy atom. The van der Waals surface area contributed by atoms with E-state index in [1.807, 2.05) is 0 Å². The van der Waals surface area contributed by atoms with Crippen molar-refractivity contribution in [1.82, 2.24) is 10.1 Å². The molecule has 1 saturated carbocycles. The number of aryl methyl sites for hydroxylation is 1. The number of likely N-dealkylation sites (tertiary alicyclic amines) is 1. The molecule has 0 unspecified atom stereocenters. The standard InChI is InChI=1S/C20H30N2O2/c23-19(14-15-6-4-5-7-15)22-12-10-16(11-13-22)20-17-8-2-1-3-9-18(17)21-24-20/h15-16H,1-14H2. The van der Waals surface area contributed by atoms with Gasteiger partial charge in [-0.1, -0.05) is 24.4 Å². The van der Waals surface area contributed by atoms with Gasteiger partial charge < -0.3 is 9.42 Å². The van der Waals surface area contributed by atoms with Gasteiger partial charge in [0.15, 0.2) is 0 Å². The number of nitrogens with zero attached hydrogens (tertiary/aromatic N) is 2. The van der Waals surface area contributed by atoms with Crippen LogP contribution < -0.4 is 0 Å². The molecular weight excluding hydrogens is 300 g/mol. The van der Waals surface area contributed by atoms with E-state index in [0.717, 1.165) is 51.0 Å². The average Bonchev–Trinajstić information content (AvgIpc) is 3.20. The van der Waals surface area contributed by atoms with E-state index in [0.29, 0.717) is 17.7 Å². The summed E-state index contributed by atoms with van der Waals surface area (Å²) in [4.78, 5) is 14.6. The summed E-state index contributed by atoms with van der Waals surface area (Å²) in [6.45, 7) is 1.79. The average molecular weight is 330 g/mol. The fourth-order valence-corrected chi connectivity index (χ4v) is 4.89. The van der Waals surface area contributed by atoms with Crippen molar-refractivity contribution in [3.8, 4) is 0 Å². The third kappa shape index (κ3) is 3.38. The third-order valence-corrected chi connectivity index (χ3v) is 6.40. The van der Waals surface area contributed by atoms with Gasteiger partial charge >= 0.3 is 0 Å². The van der Waals surface area contributed by atoms with Gasteiger partial charge in [-0.3, -0.25) is 4.79 Å².